The van der Waals surface area contributed by atoms with Crippen LogP contribution in [0.5, 0.6) is 0 Å². The van der Waals surface area contributed by atoms with Gasteiger partial charge in [-0.25, -0.2) is 4.39 Å². The second-order valence-electron chi connectivity index (χ2n) is 5.29. The fraction of sp³-hybridized carbons (Fsp3) is 0.615. The fourth-order valence-electron chi connectivity index (χ4n) is 1.69. The van der Waals surface area contributed by atoms with Gasteiger partial charge in [0.15, 0.2) is 5.82 Å². The van der Waals surface area contributed by atoms with Crippen LogP contribution in [-0.2, 0) is 11.4 Å². The first-order valence-corrected chi connectivity index (χ1v) is 7.66. The molecule has 0 saturated carbocycles. The highest BCUT2D eigenvalue weighted by Gasteiger charge is 2.36. The van der Waals surface area contributed by atoms with E-state index in [4.69, 9.17) is 11.6 Å². The fourth-order valence-corrected chi connectivity index (χ4v) is 3.19. The summed E-state index contributed by atoms with van der Waals surface area (Å²) in [5, 5.41) is 0.0365. The molecule has 0 aliphatic carbocycles. The number of hydrogen-bond acceptors (Lipinski definition) is 3. The van der Waals surface area contributed by atoms with Crippen molar-refractivity contribution < 1.29 is 8.94 Å². The van der Waals surface area contributed by atoms with Crippen molar-refractivity contribution in [3.05, 3.63) is 28.8 Å². The second-order valence-corrected chi connectivity index (χ2v) is 7.89. The molecule has 0 radical (unpaired) electrons. The zero-order valence-corrected chi connectivity index (χ0v) is 13.5. The van der Waals surface area contributed by atoms with Crippen LogP contribution in [0.3, 0.4) is 0 Å². The maximum atomic E-state index is 13.1. The summed E-state index contributed by atoms with van der Waals surface area (Å²) in [6.45, 7) is 10.2. The number of nitrogens with zero attached hydrogens (tertiary/aromatic N) is 2. The molecule has 0 aliphatic rings. The monoisotopic (exact) mass is 306 g/mol. The van der Waals surface area contributed by atoms with Gasteiger partial charge in [-0.1, -0.05) is 11.6 Å². The lowest BCUT2D eigenvalue weighted by Crippen LogP contribution is -2.44. The van der Waals surface area contributed by atoms with Crippen molar-refractivity contribution in [1.29, 1.82) is 0 Å². The van der Waals surface area contributed by atoms with Crippen LogP contribution in [-0.4, -0.2) is 25.1 Å². The molecule has 0 N–H and O–H groups in total. The standard InChI is InChI=1S/C13H20ClFN2OS/c1-6-17(19(18)13(3,4)5)9(2)12-7-10(14)11(15)8-16-12/h7-9H,6H2,1-5H3/t9-,19?/m1/s1. The molecule has 0 saturated heterocycles. The van der Waals surface area contributed by atoms with Crippen LogP contribution in [0.4, 0.5) is 4.39 Å². The molecule has 0 fully saturated rings. The zero-order valence-electron chi connectivity index (χ0n) is 11.9. The topological polar surface area (TPSA) is 39.2 Å². The Morgan fingerprint density at radius 1 is 1.53 bits per heavy atom. The predicted molar refractivity (Wildman–Crippen MR) is 77.9 cm³/mol. The van der Waals surface area contributed by atoms with Crippen molar-refractivity contribution in [2.75, 3.05) is 6.54 Å². The molecule has 108 valence electrons. The number of rotatable bonds is 4. The highest BCUT2D eigenvalue weighted by Crippen LogP contribution is 2.29. The molecule has 0 aromatic carbocycles. The van der Waals surface area contributed by atoms with Crippen LogP contribution >= 0.6 is 11.6 Å². The van der Waals surface area contributed by atoms with Gasteiger partial charge in [0, 0.05) is 17.9 Å². The van der Waals surface area contributed by atoms with Crippen molar-refractivity contribution in [3.63, 3.8) is 0 Å². The minimum Gasteiger partial charge on any atom is -0.597 e. The van der Waals surface area contributed by atoms with Crippen molar-refractivity contribution in [2.24, 2.45) is 0 Å². The predicted octanol–water partition coefficient (Wildman–Crippen LogP) is 3.72. The Balaban J connectivity index is 3.01. The number of pyridine rings is 1. The number of aromatic nitrogens is 1. The van der Waals surface area contributed by atoms with Gasteiger partial charge in [-0.3, -0.25) is 4.98 Å². The molecule has 19 heavy (non-hydrogen) atoms. The SMILES string of the molecule is CCN([C@H](C)c1cc(Cl)c(F)cn1)[S+]([O-])C(C)(C)C. The van der Waals surface area contributed by atoms with E-state index in [1.54, 1.807) is 0 Å². The Morgan fingerprint density at radius 3 is 2.53 bits per heavy atom. The molecule has 1 aromatic rings. The molecule has 6 heteroatoms. The molecule has 0 bridgehead atoms. The van der Waals surface area contributed by atoms with E-state index in [-0.39, 0.29) is 15.8 Å². The van der Waals surface area contributed by atoms with E-state index < -0.39 is 17.2 Å². The lowest BCUT2D eigenvalue weighted by molar-refractivity contribution is 0.339. The van der Waals surface area contributed by atoms with Crippen LogP contribution in [0, 0.1) is 5.82 Å². The summed E-state index contributed by atoms with van der Waals surface area (Å²) in [5.74, 6) is -0.544. The van der Waals surface area contributed by atoms with Crippen LogP contribution in [0.25, 0.3) is 0 Å². The molecule has 1 rings (SSSR count). The van der Waals surface area contributed by atoms with E-state index in [1.807, 2.05) is 38.9 Å². The smallest absolute Gasteiger partial charge is 0.160 e. The summed E-state index contributed by atoms with van der Waals surface area (Å²) in [4.78, 5) is 4.04. The van der Waals surface area contributed by atoms with Gasteiger partial charge in [0.2, 0.25) is 0 Å². The summed E-state index contributed by atoms with van der Waals surface area (Å²) < 4.78 is 27.1. The largest absolute Gasteiger partial charge is 0.597 e. The van der Waals surface area contributed by atoms with E-state index in [9.17, 15) is 8.94 Å². The molecule has 0 aliphatic heterocycles. The maximum absolute atomic E-state index is 13.1. The van der Waals surface area contributed by atoms with Crippen molar-refractivity contribution in [3.8, 4) is 0 Å². The second kappa shape index (κ2) is 6.39. The third kappa shape index (κ3) is 4.05. The van der Waals surface area contributed by atoms with Gasteiger partial charge in [-0.15, -0.1) is 4.31 Å². The summed E-state index contributed by atoms with van der Waals surface area (Å²) in [5.41, 5.74) is 0.617. The summed E-state index contributed by atoms with van der Waals surface area (Å²) in [6.07, 6.45) is 1.10. The van der Waals surface area contributed by atoms with Crippen molar-refractivity contribution >= 4 is 23.0 Å². The van der Waals surface area contributed by atoms with Gasteiger partial charge < -0.3 is 4.55 Å². The van der Waals surface area contributed by atoms with Gasteiger partial charge in [0.1, 0.15) is 4.75 Å². The van der Waals surface area contributed by atoms with E-state index in [0.717, 1.165) is 6.20 Å². The van der Waals surface area contributed by atoms with Gasteiger partial charge in [0.25, 0.3) is 0 Å². The van der Waals surface area contributed by atoms with Gasteiger partial charge in [-0.2, -0.15) is 0 Å². The number of hydrogen-bond donors (Lipinski definition) is 0. The maximum Gasteiger partial charge on any atom is 0.160 e. The average molecular weight is 307 g/mol. The number of halogens is 2. The summed E-state index contributed by atoms with van der Waals surface area (Å²) >= 11 is 4.60. The molecule has 0 amide bonds. The highest BCUT2D eigenvalue weighted by atomic mass is 35.5. The minimum atomic E-state index is -1.16. The lowest BCUT2D eigenvalue weighted by Gasteiger charge is -2.35. The first-order chi connectivity index (χ1) is 8.68. The summed E-state index contributed by atoms with van der Waals surface area (Å²) in [6, 6.07) is 1.30. The Morgan fingerprint density at radius 2 is 2.11 bits per heavy atom. The van der Waals surface area contributed by atoms with Crippen LogP contribution in [0.2, 0.25) is 5.02 Å². The Labute approximate surface area is 122 Å². The van der Waals surface area contributed by atoms with Crippen LogP contribution in [0.15, 0.2) is 12.3 Å². The first-order valence-electron chi connectivity index (χ1n) is 6.18. The Bertz CT molecular complexity index is 439. The minimum absolute atomic E-state index is 0.0365. The van der Waals surface area contributed by atoms with E-state index in [1.165, 1.54) is 6.07 Å². The zero-order chi connectivity index (χ0) is 14.8. The highest BCUT2D eigenvalue weighted by molar-refractivity contribution is 7.90. The molecule has 3 nitrogen and oxygen atoms in total. The third-order valence-corrected chi connectivity index (χ3v) is 5.08. The summed E-state index contributed by atoms with van der Waals surface area (Å²) in [7, 11) is 0. The van der Waals surface area contributed by atoms with E-state index in [0.29, 0.717) is 12.2 Å². The molecule has 1 unspecified atom stereocenters. The van der Waals surface area contributed by atoms with Gasteiger partial charge >= 0.3 is 0 Å². The molecule has 1 aromatic heterocycles. The molecule has 1 heterocycles. The normalized spacial score (nSPS) is 15.6. The quantitative estimate of drug-likeness (QED) is 0.796. The lowest BCUT2D eigenvalue weighted by atomic mass is 10.2. The first kappa shape index (κ1) is 16.7. The van der Waals surface area contributed by atoms with E-state index >= 15 is 0 Å². The molecule has 2 atom stereocenters. The van der Waals surface area contributed by atoms with Gasteiger partial charge in [0.05, 0.1) is 23.0 Å². The molecular weight excluding hydrogens is 287 g/mol. The van der Waals surface area contributed by atoms with Gasteiger partial charge in [-0.05, 0) is 40.7 Å². The van der Waals surface area contributed by atoms with Crippen LogP contribution in [0.1, 0.15) is 46.4 Å². The van der Waals surface area contributed by atoms with Crippen LogP contribution < -0.4 is 0 Å². The van der Waals surface area contributed by atoms with Crippen molar-refractivity contribution in [2.45, 2.75) is 45.4 Å². The Kier molecular flexibility index (Phi) is 5.62. The Hall–Kier alpha value is -0.360. The third-order valence-electron chi connectivity index (χ3n) is 2.74. The molecular formula is C13H20ClFN2OS. The average Bonchev–Trinajstić information content (AvgIpc) is 2.32. The van der Waals surface area contributed by atoms with Crippen molar-refractivity contribution in [1.82, 2.24) is 9.29 Å². The van der Waals surface area contributed by atoms with E-state index in [2.05, 4.69) is 4.98 Å². The molecule has 0 spiro atoms.